The van der Waals surface area contributed by atoms with E-state index < -0.39 is 0 Å². The number of hydrogen-bond donors (Lipinski definition) is 0. The Balaban J connectivity index is 0.00000220. The zero-order chi connectivity index (χ0) is 14.4. The van der Waals surface area contributed by atoms with Crippen LogP contribution in [0.4, 0.5) is 0 Å². The second-order valence-electron chi connectivity index (χ2n) is 5.51. The molecule has 0 saturated carbocycles. The molecular formula is C19H20LiN. The van der Waals surface area contributed by atoms with Gasteiger partial charge in [-0.2, -0.15) is 0 Å². The number of nitrogens with zero attached hydrogens (tertiary/aromatic N) is 1. The molecule has 21 heavy (non-hydrogen) atoms. The van der Waals surface area contributed by atoms with Gasteiger partial charge < -0.3 is 12.3 Å². The Labute approximate surface area is 140 Å². The summed E-state index contributed by atoms with van der Waals surface area (Å²) in [5, 5.41) is 0. The third-order valence-electron chi connectivity index (χ3n) is 3.53. The van der Waals surface area contributed by atoms with Crippen LogP contribution in [-0.4, -0.2) is 10.4 Å². The molecular weight excluding hydrogens is 249 g/mol. The predicted molar refractivity (Wildman–Crippen MR) is 83.3 cm³/mol. The molecule has 1 nitrogen and oxygen atoms in total. The molecule has 0 aliphatic rings. The minimum absolute atomic E-state index is 0. The standard InChI is InChI=1S/C19H20N.Li/c1-4-19(2,3)20(15-17-11-7-5-8-12-17)16-18-13-9-6-10-14-18;/h5-14H,15-16H2,2-3H3;/q-1;+1. The van der Waals surface area contributed by atoms with Crippen LogP contribution in [0.2, 0.25) is 0 Å². The predicted octanol–water partition coefficient (Wildman–Crippen LogP) is 1.06. The van der Waals surface area contributed by atoms with Gasteiger partial charge in [-0.05, 0) is 25.0 Å². The van der Waals surface area contributed by atoms with E-state index in [-0.39, 0.29) is 24.4 Å². The van der Waals surface area contributed by atoms with Crippen molar-refractivity contribution in [1.29, 1.82) is 0 Å². The van der Waals surface area contributed by atoms with Gasteiger partial charge in [0.25, 0.3) is 0 Å². The van der Waals surface area contributed by atoms with E-state index in [9.17, 15) is 0 Å². The number of hydrogen-bond acceptors (Lipinski definition) is 1. The van der Waals surface area contributed by atoms with Crippen LogP contribution in [0.15, 0.2) is 60.7 Å². The molecule has 0 radical (unpaired) electrons. The van der Waals surface area contributed by atoms with E-state index in [1.807, 2.05) is 26.0 Å². The van der Waals surface area contributed by atoms with Crippen LogP contribution in [0.3, 0.4) is 0 Å². The van der Waals surface area contributed by atoms with Crippen molar-refractivity contribution in [3.8, 4) is 5.92 Å². The Bertz CT molecular complexity index is 528. The van der Waals surface area contributed by atoms with E-state index in [4.69, 9.17) is 6.42 Å². The maximum Gasteiger partial charge on any atom is 1.00 e. The fourth-order valence-electron chi connectivity index (χ4n) is 2.14. The average molecular weight is 269 g/mol. The Kier molecular flexibility index (Phi) is 6.80. The van der Waals surface area contributed by atoms with Crippen molar-refractivity contribution in [2.24, 2.45) is 0 Å². The summed E-state index contributed by atoms with van der Waals surface area (Å²) in [6.45, 7) is 5.70. The summed E-state index contributed by atoms with van der Waals surface area (Å²) in [6, 6.07) is 20.8. The van der Waals surface area contributed by atoms with Crippen LogP contribution in [0, 0.1) is 12.3 Å². The third-order valence-corrected chi connectivity index (χ3v) is 3.53. The average Bonchev–Trinajstić information content (AvgIpc) is 2.49. The molecule has 2 aromatic carbocycles. The van der Waals surface area contributed by atoms with E-state index in [0.29, 0.717) is 0 Å². The molecule has 0 atom stereocenters. The zero-order valence-electron chi connectivity index (χ0n) is 13.1. The number of benzene rings is 2. The molecule has 0 fully saturated rings. The van der Waals surface area contributed by atoms with Gasteiger partial charge in [-0.25, -0.2) is 0 Å². The summed E-state index contributed by atoms with van der Waals surface area (Å²) < 4.78 is 0. The molecule has 0 spiro atoms. The van der Waals surface area contributed by atoms with Crippen molar-refractivity contribution in [3.63, 3.8) is 0 Å². The van der Waals surface area contributed by atoms with E-state index in [0.717, 1.165) is 13.1 Å². The van der Waals surface area contributed by atoms with Gasteiger partial charge >= 0.3 is 18.9 Å². The normalized spacial score (nSPS) is 10.8. The molecule has 0 N–H and O–H groups in total. The Hall–Kier alpha value is -1.44. The van der Waals surface area contributed by atoms with Crippen LogP contribution >= 0.6 is 0 Å². The summed E-state index contributed by atoms with van der Waals surface area (Å²) in [7, 11) is 0. The molecule has 0 aliphatic carbocycles. The summed E-state index contributed by atoms with van der Waals surface area (Å²) in [4.78, 5) is 2.27. The monoisotopic (exact) mass is 269 g/mol. The molecule has 2 aromatic rings. The first kappa shape index (κ1) is 17.6. The molecule has 2 rings (SSSR count). The van der Waals surface area contributed by atoms with Crippen molar-refractivity contribution in [2.75, 3.05) is 0 Å². The molecule has 102 valence electrons. The summed E-state index contributed by atoms with van der Waals surface area (Å²) in [5.74, 6) is 2.66. The van der Waals surface area contributed by atoms with Crippen LogP contribution in [-0.2, 0) is 13.1 Å². The van der Waals surface area contributed by atoms with Crippen molar-refractivity contribution in [3.05, 3.63) is 78.2 Å². The van der Waals surface area contributed by atoms with Crippen molar-refractivity contribution < 1.29 is 18.9 Å². The second kappa shape index (κ2) is 8.11. The first-order valence-electron chi connectivity index (χ1n) is 6.88. The van der Waals surface area contributed by atoms with Gasteiger partial charge in [0.05, 0.1) is 0 Å². The van der Waals surface area contributed by atoms with Gasteiger partial charge in [0, 0.05) is 18.6 Å². The smallest absolute Gasteiger partial charge is 0.692 e. The second-order valence-corrected chi connectivity index (χ2v) is 5.51. The molecule has 0 unspecified atom stereocenters. The van der Waals surface area contributed by atoms with Gasteiger partial charge in [-0.3, -0.25) is 4.90 Å². The summed E-state index contributed by atoms with van der Waals surface area (Å²) >= 11 is 0. The topological polar surface area (TPSA) is 3.24 Å². The molecule has 2 heteroatoms. The maximum absolute atomic E-state index is 7.58. The van der Waals surface area contributed by atoms with Gasteiger partial charge in [0.1, 0.15) is 0 Å². The SMILES string of the molecule is [C-]#CC(C)(C)N(Cc1ccccc1)Cc1ccccc1.[Li+]. The van der Waals surface area contributed by atoms with E-state index in [2.05, 4.69) is 59.4 Å². The van der Waals surface area contributed by atoms with Crippen LogP contribution in [0.5, 0.6) is 0 Å². The van der Waals surface area contributed by atoms with Crippen molar-refractivity contribution in [2.45, 2.75) is 32.5 Å². The zero-order valence-corrected chi connectivity index (χ0v) is 13.1. The van der Waals surface area contributed by atoms with Crippen LogP contribution in [0.25, 0.3) is 0 Å². The first-order valence-corrected chi connectivity index (χ1v) is 6.88. The van der Waals surface area contributed by atoms with E-state index in [1.165, 1.54) is 11.1 Å². The van der Waals surface area contributed by atoms with Crippen molar-refractivity contribution in [1.82, 2.24) is 4.90 Å². The maximum atomic E-state index is 7.58. The van der Waals surface area contributed by atoms with Crippen LogP contribution < -0.4 is 18.9 Å². The third kappa shape index (κ3) is 5.11. The van der Waals surface area contributed by atoms with Gasteiger partial charge in [-0.15, -0.1) is 0 Å². The Morgan fingerprint density at radius 1 is 0.857 bits per heavy atom. The Morgan fingerprint density at radius 2 is 1.24 bits per heavy atom. The largest absolute Gasteiger partial charge is 1.00 e. The molecule has 0 heterocycles. The minimum atomic E-state index is -0.383. The molecule has 0 amide bonds. The van der Waals surface area contributed by atoms with Crippen LogP contribution in [0.1, 0.15) is 25.0 Å². The summed E-state index contributed by atoms with van der Waals surface area (Å²) in [5.41, 5.74) is 2.13. The van der Waals surface area contributed by atoms with Gasteiger partial charge in [0.2, 0.25) is 0 Å². The fraction of sp³-hybridized carbons (Fsp3) is 0.263. The minimum Gasteiger partial charge on any atom is -0.692 e. The van der Waals surface area contributed by atoms with E-state index >= 15 is 0 Å². The molecule has 0 aliphatic heterocycles. The molecule has 0 aromatic heterocycles. The van der Waals surface area contributed by atoms with Gasteiger partial charge in [0.15, 0.2) is 0 Å². The molecule has 0 saturated heterocycles. The molecule has 0 bridgehead atoms. The van der Waals surface area contributed by atoms with E-state index in [1.54, 1.807) is 0 Å². The van der Waals surface area contributed by atoms with Crippen molar-refractivity contribution >= 4 is 0 Å². The summed E-state index contributed by atoms with van der Waals surface area (Å²) in [6.07, 6.45) is 7.58. The van der Waals surface area contributed by atoms with Gasteiger partial charge in [-0.1, -0.05) is 60.7 Å². The fourth-order valence-corrected chi connectivity index (χ4v) is 2.14. The quantitative estimate of drug-likeness (QED) is 0.446. The number of rotatable bonds is 5. The Morgan fingerprint density at radius 3 is 1.57 bits per heavy atom. The first-order chi connectivity index (χ1) is 9.62.